The average molecular weight is 459 g/mol. The van der Waals surface area contributed by atoms with Crippen molar-refractivity contribution in [2.45, 2.75) is 32.5 Å². The summed E-state index contributed by atoms with van der Waals surface area (Å²) in [6, 6.07) is 16.7. The van der Waals surface area contributed by atoms with Crippen molar-refractivity contribution < 1.29 is 24.2 Å². The van der Waals surface area contributed by atoms with E-state index in [4.69, 9.17) is 9.47 Å². The molecule has 2 heterocycles. The van der Waals surface area contributed by atoms with E-state index in [1.807, 2.05) is 19.9 Å². The summed E-state index contributed by atoms with van der Waals surface area (Å²) in [5.74, 6) is -0.344. The highest BCUT2D eigenvalue weighted by atomic mass is 16.5. The lowest BCUT2D eigenvalue weighted by Gasteiger charge is -2.25. The number of nitrogens with zero attached hydrogens (tertiary/aromatic N) is 2. The number of carbonyl (C=O) groups excluding carboxylic acids is 2. The zero-order chi connectivity index (χ0) is 24.2. The second kappa shape index (κ2) is 9.79. The second-order valence-corrected chi connectivity index (χ2v) is 8.25. The van der Waals surface area contributed by atoms with E-state index in [0.717, 1.165) is 5.56 Å². The normalized spacial score (nSPS) is 17.3. The summed E-state index contributed by atoms with van der Waals surface area (Å²) in [6.45, 7) is 4.02. The van der Waals surface area contributed by atoms with Crippen LogP contribution in [0.3, 0.4) is 0 Å². The number of likely N-dealkylation sites (tertiary alicyclic amines) is 1. The Labute approximate surface area is 198 Å². The molecule has 1 unspecified atom stereocenters. The maximum absolute atomic E-state index is 13.2. The fourth-order valence-electron chi connectivity index (χ4n) is 3.98. The molecule has 174 valence electrons. The highest BCUT2D eigenvalue weighted by Crippen LogP contribution is 2.40. The van der Waals surface area contributed by atoms with Crippen molar-refractivity contribution in [3.05, 3.63) is 95.3 Å². The van der Waals surface area contributed by atoms with Gasteiger partial charge in [-0.2, -0.15) is 0 Å². The molecule has 1 N–H and O–H groups in total. The topological polar surface area (TPSA) is 89.0 Å². The van der Waals surface area contributed by atoms with Crippen molar-refractivity contribution >= 4 is 17.4 Å². The second-order valence-electron chi connectivity index (χ2n) is 8.25. The van der Waals surface area contributed by atoms with Crippen molar-refractivity contribution in [3.8, 4) is 11.5 Å². The Bertz CT molecular complexity index is 1200. The first-order valence-electron chi connectivity index (χ1n) is 11.0. The summed E-state index contributed by atoms with van der Waals surface area (Å²) in [4.78, 5) is 31.8. The molecule has 1 amide bonds. The Kier molecular flexibility index (Phi) is 6.63. The van der Waals surface area contributed by atoms with Gasteiger partial charge in [0, 0.05) is 24.5 Å². The summed E-state index contributed by atoms with van der Waals surface area (Å²) >= 11 is 0. The molecule has 4 rings (SSSR count). The van der Waals surface area contributed by atoms with E-state index < -0.39 is 17.7 Å². The van der Waals surface area contributed by atoms with Crippen LogP contribution >= 0.6 is 0 Å². The van der Waals surface area contributed by atoms with E-state index in [1.54, 1.807) is 74.1 Å². The number of amides is 1. The van der Waals surface area contributed by atoms with Crippen molar-refractivity contribution in [1.29, 1.82) is 0 Å². The van der Waals surface area contributed by atoms with Crippen LogP contribution in [0.5, 0.6) is 11.5 Å². The Balaban J connectivity index is 1.79. The largest absolute Gasteiger partial charge is 0.507 e. The minimum absolute atomic E-state index is 0.00678. The number of rotatable bonds is 7. The molecule has 0 saturated carbocycles. The van der Waals surface area contributed by atoms with Crippen LogP contribution in [-0.4, -0.2) is 39.9 Å². The highest BCUT2D eigenvalue weighted by Gasteiger charge is 2.46. The van der Waals surface area contributed by atoms with Gasteiger partial charge < -0.3 is 19.5 Å². The number of aliphatic hydroxyl groups is 1. The standard InChI is InChI=1S/C27H26N2O5/c1-17(2)34-22-12-8-20(9-13-22)25(30)23-24(19-6-10-21(33-3)11-7-19)29(27(32)26(23)31)16-18-5-4-14-28-15-18/h4-15,17,24,30H,16H2,1-3H3/b25-23+. The first kappa shape index (κ1) is 23.0. The summed E-state index contributed by atoms with van der Waals surface area (Å²) in [6.07, 6.45) is 3.30. The molecule has 3 aromatic rings. The number of Topliss-reactive ketones (excluding diaryl/α,β-unsaturated/α-hetero) is 1. The van der Waals surface area contributed by atoms with E-state index in [1.165, 1.54) is 4.90 Å². The van der Waals surface area contributed by atoms with Gasteiger partial charge in [0.15, 0.2) is 0 Å². The molecule has 2 aromatic carbocycles. The third-order valence-corrected chi connectivity index (χ3v) is 5.55. The Morgan fingerprint density at radius 1 is 1.03 bits per heavy atom. The third-order valence-electron chi connectivity index (χ3n) is 5.55. The van der Waals surface area contributed by atoms with Crippen molar-refractivity contribution in [2.24, 2.45) is 0 Å². The van der Waals surface area contributed by atoms with E-state index in [2.05, 4.69) is 4.98 Å². The molecule has 0 spiro atoms. The SMILES string of the molecule is COc1ccc(C2/C(=C(\O)c3ccc(OC(C)C)cc3)C(=O)C(=O)N2Cc2cccnc2)cc1. The quantitative estimate of drug-likeness (QED) is 0.319. The number of ketones is 1. The lowest BCUT2D eigenvalue weighted by Crippen LogP contribution is -2.29. The number of aromatic nitrogens is 1. The molecule has 0 aliphatic carbocycles. The maximum atomic E-state index is 13.2. The van der Waals surface area contributed by atoms with Crippen LogP contribution < -0.4 is 9.47 Å². The number of ether oxygens (including phenoxy) is 2. The number of carbonyl (C=O) groups is 2. The van der Waals surface area contributed by atoms with Crippen LogP contribution in [0.2, 0.25) is 0 Å². The van der Waals surface area contributed by atoms with Gasteiger partial charge in [-0.1, -0.05) is 18.2 Å². The van der Waals surface area contributed by atoms with Gasteiger partial charge in [-0.15, -0.1) is 0 Å². The molecule has 0 bridgehead atoms. The molecule has 0 radical (unpaired) electrons. The Morgan fingerprint density at radius 3 is 2.29 bits per heavy atom. The van der Waals surface area contributed by atoms with Gasteiger partial charge in [0.05, 0.1) is 24.8 Å². The van der Waals surface area contributed by atoms with Gasteiger partial charge in [-0.3, -0.25) is 14.6 Å². The Hall–Kier alpha value is -4.13. The zero-order valence-electron chi connectivity index (χ0n) is 19.3. The van der Waals surface area contributed by atoms with Gasteiger partial charge in [0.25, 0.3) is 11.7 Å². The van der Waals surface area contributed by atoms with Crippen LogP contribution in [0.15, 0.2) is 78.6 Å². The smallest absolute Gasteiger partial charge is 0.295 e. The molecular weight excluding hydrogens is 432 g/mol. The van der Waals surface area contributed by atoms with Gasteiger partial charge >= 0.3 is 0 Å². The summed E-state index contributed by atoms with van der Waals surface area (Å²) in [5.41, 5.74) is 1.92. The minimum Gasteiger partial charge on any atom is -0.507 e. The molecule has 34 heavy (non-hydrogen) atoms. The summed E-state index contributed by atoms with van der Waals surface area (Å²) in [7, 11) is 1.57. The summed E-state index contributed by atoms with van der Waals surface area (Å²) in [5, 5.41) is 11.2. The van der Waals surface area contributed by atoms with Gasteiger partial charge in [-0.05, 0) is 67.4 Å². The molecule has 1 aliphatic rings. The van der Waals surface area contributed by atoms with Crippen molar-refractivity contribution in [1.82, 2.24) is 9.88 Å². The number of hydrogen-bond acceptors (Lipinski definition) is 6. The number of aliphatic hydroxyl groups excluding tert-OH is 1. The molecule has 1 atom stereocenters. The molecular formula is C27H26N2O5. The fourth-order valence-corrected chi connectivity index (χ4v) is 3.98. The van der Waals surface area contributed by atoms with Crippen LogP contribution in [0.1, 0.15) is 36.6 Å². The molecule has 7 nitrogen and oxygen atoms in total. The van der Waals surface area contributed by atoms with Crippen LogP contribution in [0.25, 0.3) is 5.76 Å². The number of benzene rings is 2. The highest BCUT2D eigenvalue weighted by molar-refractivity contribution is 6.46. The zero-order valence-corrected chi connectivity index (χ0v) is 19.3. The van der Waals surface area contributed by atoms with Crippen LogP contribution in [0, 0.1) is 0 Å². The molecule has 1 aromatic heterocycles. The first-order chi connectivity index (χ1) is 16.4. The van der Waals surface area contributed by atoms with Crippen LogP contribution in [-0.2, 0) is 16.1 Å². The maximum Gasteiger partial charge on any atom is 0.295 e. The van der Waals surface area contributed by atoms with Gasteiger partial charge in [0.2, 0.25) is 0 Å². The minimum atomic E-state index is -0.766. The fraction of sp³-hybridized carbons (Fsp3) is 0.222. The monoisotopic (exact) mass is 458 g/mol. The van der Waals surface area contributed by atoms with Gasteiger partial charge in [-0.25, -0.2) is 0 Å². The third kappa shape index (κ3) is 4.64. The van der Waals surface area contributed by atoms with Gasteiger partial charge in [0.1, 0.15) is 17.3 Å². The molecule has 1 fully saturated rings. The first-order valence-corrected chi connectivity index (χ1v) is 11.0. The molecule has 1 saturated heterocycles. The summed E-state index contributed by atoms with van der Waals surface area (Å²) < 4.78 is 10.9. The van der Waals surface area contributed by atoms with Crippen molar-refractivity contribution in [2.75, 3.05) is 7.11 Å². The van der Waals surface area contributed by atoms with Crippen molar-refractivity contribution in [3.63, 3.8) is 0 Å². The van der Waals surface area contributed by atoms with E-state index in [-0.39, 0.29) is 24.0 Å². The van der Waals surface area contributed by atoms with Crippen LogP contribution in [0.4, 0.5) is 0 Å². The lowest BCUT2D eigenvalue weighted by molar-refractivity contribution is -0.140. The number of pyridine rings is 1. The molecule has 7 heteroatoms. The lowest BCUT2D eigenvalue weighted by atomic mass is 9.95. The predicted octanol–water partition coefficient (Wildman–Crippen LogP) is 4.50. The van der Waals surface area contributed by atoms with E-state index >= 15 is 0 Å². The predicted molar refractivity (Wildman–Crippen MR) is 127 cm³/mol. The van der Waals surface area contributed by atoms with E-state index in [0.29, 0.717) is 22.6 Å². The van der Waals surface area contributed by atoms with E-state index in [9.17, 15) is 14.7 Å². The average Bonchev–Trinajstić information content (AvgIpc) is 3.09. The molecule has 1 aliphatic heterocycles. The number of methoxy groups -OCH3 is 1. The Morgan fingerprint density at radius 2 is 1.71 bits per heavy atom. The number of hydrogen-bond donors (Lipinski definition) is 1.